The first kappa shape index (κ1) is 15.3. The summed E-state index contributed by atoms with van der Waals surface area (Å²) < 4.78 is 17.8. The number of carbonyl (C=O) groups excluding carboxylic acids is 1. The number of aliphatic carboxylic acids is 1. The molecule has 2 rings (SSSR count). The van der Waals surface area contributed by atoms with Crippen molar-refractivity contribution in [2.45, 2.75) is 38.3 Å². The van der Waals surface area contributed by atoms with Gasteiger partial charge in [0.2, 0.25) is 0 Å². The Bertz CT molecular complexity index is 503. The minimum Gasteiger partial charge on any atom is -0.481 e. The van der Waals surface area contributed by atoms with Gasteiger partial charge in [0.15, 0.2) is 0 Å². The molecule has 21 heavy (non-hydrogen) atoms. The van der Waals surface area contributed by atoms with E-state index in [2.05, 4.69) is 5.32 Å². The van der Waals surface area contributed by atoms with Gasteiger partial charge in [0.25, 0.3) is 0 Å². The molecule has 0 heterocycles. The van der Waals surface area contributed by atoms with E-state index in [0.29, 0.717) is 18.4 Å². The van der Waals surface area contributed by atoms with Gasteiger partial charge in [0.05, 0.1) is 5.92 Å². The summed E-state index contributed by atoms with van der Waals surface area (Å²) in [7, 11) is 0. The molecule has 1 aromatic carbocycles. The molecule has 0 aromatic heterocycles. The van der Waals surface area contributed by atoms with Gasteiger partial charge in [0, 0.05) is 6.04 Å². The molecule has 0 spiro atoms. The van der Waals surface area contributed by atoms with Crippen LogP contribution in [0.4, 0.5) is 9.18 Å². The van der Waals surface area contributed by atoms with Crippen molar-refractivity contribution in [2.75, 3.05) is 0 Å². The van der Waals surface area contributed by atoms with Crippen LogP contribution in [-0.2, 0) is 16.1 Å². The van der Waals surface area contributed by atoms with Crippen molar-refractivity contribution in [3.8, 4) is 0 Å². The Kier molecular flexibility index (Phi) is 5.14. The van der Waals surface area contributed by atoms with Gasteiger partial charge in [-0.05, 0) is 30.5 Å². The van der Waals surface area contributed by atoms with Gasteiger partial charge in [-0.2, -0.15) is 0 Å². The molecule has 6 heteroatoms. The normalized spacial score (nSPS) is 21.6. The summed E-state index contributed by atoms with van der Waals surface area (Å²) >= 11 is 0. The predicted octanol–water partition coefficient (Wildman–Crippen LogP) is 2.70. The molecule has 5 nitrogen and oxygen atoms in total. The minimum absolute atomic E-state index is 0.0244. The highest BCUT2D eigenvalue weighted by atomic mass is 19.1. The van der Waals surface area contributed by atoms with Gasteiger partial charge in [-0.15, -0.1) is 0 Å². The Morgan fingerprint density at radius 3 is 2.57 bits per heavy atom. The second-order valence-electron chi connectivity index (χ2n) is 5.18. The molecule has 0 saturated heterocycles. The van der Waals surface area contributed by atoms with Crippen LogP contribution in [0.3, 0.4) is 0 Å². The third-order valence-corrected chi connectivity index (χ3v) is 3.67. The zero-order valence-electron chi connectivity index (χ0n) is 11.5. The minimum atomic E-state index is -0.890. The lowest BCUT2D eigenvalue weighted by atomic mass is 9.85. The fourth-order valence-electron chi connectivity index (χ4n) is 2.52. The quantitative estimate of drug-likeness (QED) is 0.895. The standard InChI is InChI=1S/C15H18FNO4/c16-11-7-5-10(6-8-11)9-21-15(20)17-13-4-2-1-3-12(13)14(18)19/h5-8,12-13H,1-4,9H2,(H,17,20)(H,18,19). The Balaban J connectivity index is 1.83. The van der Waals surface area contributed by atoms with Crippen molar-refractivity contribution in [3.05, 3.63) is 35.6 Å². The molecule has 0 bridgehead atoms. The number of halogens is 1. The first-order valence-electron chi connectivity index (χ1n) is 6.97. The van der Waals surface area contributed by atoms with Crippen LogP contribution >= 0.6 is 0 Å². The average Bonchev–Trinajstić information content (AvgIpc) is 2.47. The number of benzene rings is 1. The Morgan fingerprint density at radius 2 is 1.90 bits per heavy atom. The lowest BCUT2D eigenvalue weighted by Gasteiger charge is -2.28. The Labute approximate surface area is 122 Å². The van der Waals surface area contributed by atoms with Crippen molar-refractivity contribution in [1.82, 2.24) is 5.32 Å². The van der Waals surface area contributed by atoms with E-state index in [4.69, 9.17) is 9.84 Å². The number of carbonyl (C=O) groups is 2. The van der Waals surface area contributed by atoms with E-state index in [0.717, 1.165) is 12.8 Å². The summed E-state index contributed by atoms with van der Waals surface area (Å²) in [5, 5.41) is 11.7. The number of hydrogen-bond acceptors (Lipinski definition) is 3. The highest BCUT2D eigenvalue weighted by molar-refractivity contribution is 5.73. The highest BCUT2D eigenvalue weighted by Crippen LogP contribution is 2.24. The monoisotopic (exact) mass is 295 g/mol. The summed E-state index contributed by atoms with van der Waals surface area (Å²) in [6, 6.07) is 5.25. The van der Waals surface area contributed by atoms with Crippen LogP contribution in [0.2, 0.25) is 0 Å². The summed E-state index contributed by atoms with van der Waals surface area (Å²) in [5.74, 6) is -1.80. The molecule has 0 aliphatic heterocycles. The van der Waals surface area contributed by atoms with Crippen LogP contribution in [0.5, 0.6) is 0 Å². The smallest absolute Gasteiger partial charge is 0.407 e. The van der Waals surface area contributed by atoms with E-state index >= 15 is 0 Å². The molecule has 1 aliphatic rings. The van der Waals surface area contributed by atoms with E-state index in [1.54, 1.807) is 0 Å². The maximum atomic E-state index is 12.7. The number of hydrogen-bond donors (Lipinski definition) is 2. The number of rotatable bonds is 4. The van der Waals surface area contributed by atoms with Crippen molar-refractivity contribution in [1.29, 1.82) is 0 Å². The average molecular weight is 295 g/mol. The highest BCUT2D eigenvalue weighted by Gasteiger charge is 2.32. The van der Waals surface area contributed by atoms with Gasteiger partial charge in [-0.3, -0.25) is 4.79 Å². The van der Waals surface area contributed by atoms with Crippen LogP contribution in [0, 0.1) is 11.7 Å². The summed E-state index contributed by atoms with van der Waals surface area (Å²) in [4.78, 5) is 22.8. The second kappa shape index (κ2) is 7.06. The van der Waals surface area contributed by atoms with Crippen LogP contribution in [0.15, 0.2) is 24.3 Å². The first-order valence-corrected chi connectivity index (χ1v) is 6.97. The maximum absolute atomic E-state index is 12.7. The molecule has 114 valence electrons. The summed E-state index contributed by atoms with van der Waals surface area (Å²) in [6.45, 7) is 0.0244. The fourth-order valence-corrected chi connectivity index (χ4v) is 2.52. The molecule has 1 amide bonds. The second-order valence-corrected chi connectivity index (χ2v) is 5.18. The van der Waals surface area contributed by atoms with Crippen LogP contribution < -0.4 is 5.32 Å². The molecule has 2 unspecified atom stereocenters. The molecule has 1 aliphatic carbocycles. The molecule has 2 N–H and O–H groups in total. The van der Waals surface area contributed by atoms with E-state index in [9.17, 15) is 14.0 Å². The molecule has 0 radical (unpaired) electrons. The van der Waals surface area contributed by atoms with Crippen molar-refractivity contribution >= 4 is 12.1 Å². The SMILES string of the molecule is O=C(NC1CCCCC1C(=O)O)OCc1ccc(F)cc1. The lowest BCUT2D eigenvalue weighted by Crippen LogP contribution is -2.45. The summed E-state index contributed by atoms with van der Waals surface area (Å²) in [5.41, 5.74) is 0.671. The van der Waals surface area contributed by atoms with Gasteiger partial charge >= 0.3 is 12.1 Å². The number of carboxylic acid groups (broad SMARTS) is 1. The van der Waals surface area contributed by atoms with Crippen LogP contribution in [0.25, 0.3) is 0 Å². The van der Waals surface area contributed by atoms with E-state index < -0.39 is 24.0 Å². The van der Waals surface area contributed by atoms with Gasteiger partial charge in [0.1, 0.15) is 12.4 Å². The van der Waals surface area contributed by atoms with Crippen molar-refractivity contribution in [2.24, 2.45) is 5.92 Å². The molecule has 1 aromatic rings. The fraction of sp³-hybridized carbons (Fsp3) is 0.467. The van der Waals surface area contributed by atoms with Crippen molar-refractivity contribution in [3.63, 3.8) is 0 Å². The zero-order valence-corrected chi connectivity index (χ0v) is 11.5. The van der Waals surface area contributed by atoms with Crippen LogP contribution in [-0.4, -0.2) is 23.2 Å². The third-order valence-electron chi connectivity index (χ3n) is 3.67. The number of amides is 1. The first-order chi connectivity index (χ1) is 10.1. The number of alkyl carbamates (subject to hydrolysis) is 1. The molecule has 2 atom stereocenters. The molecular formula is C15H18FNO4. The van der Waals surface area contributed by atoms with E-state index in [1.807, 2.05) is 0 Å². The lowest BCUT2D eigenvalue weighted by molar-refractivity contribution is -0.143. The maximum Gasteiger partial charge on any atom is 0.407 e. The van der Waals surface area contributed by atoms with E-state index in [-0.39, 0.29) is 12.4 Å². The van der Waals surface area contributed by atoms with Gasteiger partial charge in [-0.25, -0.2) is 9.18 Å². The topological polar surface area (TPSA) is 75.6 Å². The Hall–Kier alpha value is -2.11. The number of nitrogens with one attached hydrogen (secondary N) is 1. The number of carboxylic acids is 1. The molecular weight excluding hydrogens is 277 g/mol. The summed E-state index contributed by atoms with van der Waals surface area (Å²) in [6.07, 6.45) is 2.32. The molecule has 1 fully saturated rings. The van der Waals surface area contributed by atoms with Crippen LogP contribution in [0.1, 0.15) is 31.2 Å². The van der Waals surface area contributed by atoms with Gasteiger partial charge in [-0.1, -0.05) is 25.0 Å². The Morgan fingerprint density at radius 1 is 1.24 bits per heavy atom. The predicted molar refractivity (Wildman–Crippen MR) is 73.1 cm³/mol. The third kappa shape index (κ3) is 4.44. The van der Waals surface area contributed by atoms with Crippen molar-refractivity contribution < 1.29 is 23.8 Å². The zero-order chi connectivity index (χ0) is 15.2. The molecule has 1 saturated carbocycles. The van der Waals surface area contributed by atoms with E-state index in [1.165, 1.54) is 24.3 Å². The van der Waals surface area contributed by atoms with Gasteiger partial charge < -0.3 is 15.2 Å². The largest absolute Gasteiger partial charge is 0.481 e. The number of ether oxygens (including phenoxy) is 1.